The fraction of sp³-hybridized carbons (Fsp3) is 0.304. The van der Waals surface area contributed by atoms with Gasteiger partial charge in [-0.3, -0.25) is 9.59 Å². The third kappa shape index (κ3) is 3.35. The van der Waals surface area contributed by atoms with Crippen LogP contribution in [0.2, 0.25) is 0 Å². The van der Waals surface area contributed by atoms with Crippen LogP contribution in [0.3, 0.4) is 0 Å². The number of carbonyl (C=O) groups excluding carboxylic acids is 2. The van der Waals surface area contributed by atoms with E-state index in [1.54, 1.807) is 13.4 Å². The Labute approximate surface area is 169 Å². The van der Waals surface area contributed by atoms with Crippen molar-refractivity contribution in [3.8, 4) is 5.75 Å². The Morgan fingerprint density at radius 3 is 2.72 bits per heavy atom. The van der Waals surface area contributed by atoms with Crippen LogP contribution in [0.1, 0.15) is 36.0 Å². The molecule has 4 rings (SSSR count). The highest BCUT2D eigenvalue weighted by Crippen LogP contribution is 2.47. The topological polar surface area (TPSA) is 77.8 Å². The standard InChI is InChI=1S/C23H23NO5/c1-13-20(23(26)28-3)21(14-6-4-7-16(10-14)27-2)22-17(24-13)11-15(12-18(22)25)19-8-5-9-29-19/h4-10,15,20-21,24H,1,11-12H2,2-3H3. The molecule has 29 heavy (non-hydrogen) atoms. The van der Waals surface area contributed by atoms with Gasteiger partial charge in [0.1, 0.15) is 17.4 Å². The lowest BCUT2D eigenvalue weighted by molar-refractivity contribution is -0.144. The Kier molecular flexibility index (Phi) is 5.01. The summed E-state index contributed by atoms with van der Waals surface area (Å²) in [7, 11) is 2.93. The Hall–Kier alpha value is -3.28. The van der Waals surface area contributed by atoms with Gasteiger partial charge < -0.3 is 19.2 Å². The Morgan fingerprint density at radius 1 is 1.21 bits per heavy atom. The van der Waals surface area contributed by atoms with E-state index in [9.17, 15) is 9.59 Å². The monoisotopic (exact) mass is 393 g/mol. The quantitative estimate of drug-likeness (QED) is 0.799. The number of carbonyl (C=O) groups is 2. The first-order valence-electron chi connectivity index (χ1n) is 9.50. The fourth-order valence-corrected chi connectivity index (χ4v) is 4.37. The van der Waals surface area contributed by atoms with Crippen LogP contribution in [0, 0.1) is 5.92 Å². The third-order valence-electron chi connectivity index (χ3n) is 5.69. The largest absolute Gasteiger partial charge is 0.497 e. The molecule has 0 saturated heterocycles. The molecule has 1 N–H and O–H groups in total. The van der Waals surface area contributed by atoms with Crippen molar-refractivity contribution in [2.45, 2.75) is 24.7 Å². The zero-order valence-corrected chi connectivity index (χ0v) is 16.4. The molecule has 150 valence electrons. The first kappa shape index (κ1) is 19.1. The molecule has 3 atom stereocenters. The molecular weight excluding hydrogens is 370 g/mol. The number of nitrogens with one attached hydrogen (secondary N) is 1. The van der Waals surface area contributed by atoms with Gasteiger partial charge in [0, 0.05) is 35.2 Å². The molecule has 2 aliphatic rings. The van der Waals surface area contributed by atoms with Gasteiger partial charge in [-0.15, -0.1) is 0 Å². The van der Waals surface area contributed by atoms with Crippen molar-refractivity contribution in [3.63, 3.8) is 0 Å². The molecule has 1 aliphatic heterocycles. The second-order valence-corrected chi connectivity index (χ2v) is 7.34. The number of allylic oxidation sites excluding steroid dienone is 2. The molecule has 3 unspecified atom stereocenters. The van der Waals surface area contributed by atoms with E-state index in [4.69, 9.17) is 13.9 Å². The summed E-state index contributed by atoms with van der Waals surface area (Å²) < 4.78 is 15.9. The van der Waals surface area contributed by atoms with E-state index in [1.165, 1.54) is 7.11 Å². The van der Waals surface area contributed by atoms with Gasteiger partial charge in [0.25, 0.3) is 0 Å². The van der Waals surface area contributed by atoms with E-state index in [2.05, 4.69) is 11.9 Å². The Balaban J connectivity index is 1.83. The fourth-order valence-electron chi connectivity index (χ4n) is 4.37. The summed E-state index contributed by atoms with van der Waals surface area (Å²) in [5.74, 6) is -0.213. The number of Topliss-reactive ketones (excluding diaryl/α,β-unsaturated/α-hetero) is 1. The summed E-state index contributed by atoms with van der Waals surface area (Å²) in [4.78, 5) is 25.9. The zero-order valence-electron chi connectivity index (χ0n) is 16.4. The van der Waals surface area contributed by atoms with Gasteiger partial charge in [-0.25, -0.2) is 0 Å². The molecule has 1 aromatic heterocycles. The molecule has 2 heterocycles. The molecule has 0 spiro atoms. The normalized spacial score (nSPS) is 24.0. The van der Waals surface area contributed by atoms with E-state index in [0.29, 0.717) is 29.9 Å². The SMILES string of the molecule is C=C1NC2=C(C(=O)CC(c3ccco3)C2)C(c2cccc(OC)c2)C1C(=O)OC. The number of hydrogen-bond acceptors (Lipinski definition) is 6. The molecule has 1 aliphatic carbocycles. The van der Waals surface area contributed by atoms with Gasteiger partial charge in [0.2, 0.25) is 0 Å². The van der Waals surface area contributed by atoms with E-state index in [-0.39, 0.29) is 11.7 Å². The number of furan rings is 1. The first-order chi connectivity index (χ1) is 14.0. The highest BCUT2D eigenvalue weighted by molar-refractivity contribution is 6.01. The molecule has 0 radical (unpaired) electrons. The molecule has 0 amide bonds. The maximum atomic E-state index is 13.3. The van der Waals surface area contributed by atoms with Crippen molar-refractivity contribution in [1.82, 2.24) is 5.32 Å². The lowest BCUT2D eigenvalue weighted by atomic mass is 9.69. The summed E-state index contributed by atoms with van der Waals surface area (Å²) in [6.07, 6.45) is 2.56. The van der Waals surface area contributed by atoms with Gasteiger partial charge in [-0.05, 0) is 36.2 Å². The lowest BCUT2D eigenvalue weighted by Crippen LogP contribution is -2.41. The zero-order chi connectivity index (χ0) is 20.5. The van der Waals surface area contributed by atoms with Crippen LogP contribution in [0.15, 0.2) is 70.6 Å². The average molecular weight is 393 g/mol. The van der Waals surface area contributed by atoms with Gasteiger partial charge in [0.05, 0.1) is 20.5 Å². The van der Waals surface area contributed by atoms with Crippen molar-refractivity contribution in [2.24, 2.45) is 5.92 Å². The minimum Gasteiger partial charge on any atom is -0.497 e. The summed E-state index contributed by atoms with van der Waals surface area (Å²) in [5.41, 5.74) is 2.75. The van der Waals surface area contributed by atoms with E-state index < -0.39 is 17.8 Å². The predicted molar refractivity (Wildman–Crippen MR) is 106 cm³/mol. The van der Waals surface area contributed by atoms with Crippen LogP contribution >= 0.6 is 0 Å². The third-order valence-corrected chi connectivity index (χ3v) is 5.69. The van der Waals surface area contributed by atoms with Gasteiger partial charge in [-0.1, -0.05) is 18.7 Å². The number of rotatable bonds is 4. The highest BCUT2D eigenvalue weighted by atomic mass is 16.5. The molecule has 2 aromatic rings. The summed E-state index contributed by atoms with van der Waals surface area (Å²) in [5, 5.41) is 3.22. The van der Waals surface area contributed by atoms with Crippen LogP contribution in [0.25, 0.3) is 0 Å². The second kappa shape index (κ2) is 7.62. The molecule has 6 heteroatoms. The Bertz CT molecular complexity index is 988. The smallest absolute Gasteiger partial charge is 0.315 e. The van der Waals surface area contributed by atoms with Crippen molar-refractivity contribution >= 4 is 11.8 Å². The summed E-state index contributed by atoms with van der Waals surface area (Å²) in [6.45, 7) is 4.07. The van der Waals surface area contributed by atoms with Crippen LogP contribution < -0.4 is 10.1 Å². The first-order valence-corrected chi connectivity index (χ1v) is 9.50. The molecule has 0 bridgehead atoms. The molecule has 0 fully saturated rings. The molecule has 1 aromatic carbocycles. The number of hydrogen-bond donors (Lipinski definition) is 1. The number of esters is 1. The number of ether oxygens (including phenoxy) is 2. The second-order valence-electron chi connectivity index (χ2n) is 7.34. The summed E-state index contributed by atoms with van der Waals surface area (Å²) >= 11 is 0. The van der Waals surface area contributed by atoms with E-state index in [1.807, 2.05) is 36.4 Å². The number of methoxy groups -OCH3 is 2. The van der Waals surface area contributed by atoms with Gasteiger partial charge >= 0.3 is 5.97 Å². The van der Waals surface area contributed by atoms with Crippen molar-refractivity contribution < 1.29 is 23.5 Å². The highest BCUT2D eigenvalue weighted by Gasteiger charge is 2.45. The van der Waals surface area contributed by atoms with Crippen LogP contribution in [-0.4, -0.2) is 26.0 Å². The van der Waals surface area contributed by atoms with Crippen LogP contribution in [0.5, 0.6) is 5.75 Å². The predicted octanol–water partition coefficient (Wildman–Crippen LogP) is 3.68. The number of ketones is 1. The van der Waals surface area contributed by atoms with Crippen molar-refractivity contribution in [3.05, 3.63) is 77.5 Å². The van der Waals surface area contributed by atoms with Gasteiger partial charge in [-0.2, -0.15) is 0 Å². The maximum Gasteiger partial charge on any atom is 0.315 e. The lowest BCUT2D eigenvalue weighted by Gasteiger charge is -2.39. The molecule has 6 nitrogen and oxygen atoms in total. The minimum absolute atomic E-state index is 0.00521. The number of benzene rings is 1. The van der Waals surface area contributed by atoms with E-state index >= 15 is 0 Å². The summed E-state index contributed by atoms with van der Waals surface area (Å²) in [6, 6.07) is 11.2. The van der Waals surface area contributed by atoms with E-state index in [0.717, 1.165) is 17.0 Å². The minimum atomic E-state index is -0.699. The molecular formula is C23H23NO5. The van der Waals surface area contributed by atoms with Gasteiger partial charge in [0.15, 0.2) is 5.78 Å². The van der Waals surface area contributed by atoms with Crippen molar-refractivity contribution in [2.75, 3.05) is 14.2 Å². The average Bonchev–Trinajstić information content (AvgIpc) is 3.27. The van der Waals surface area contributed by atoms with Crippen LogP contribution in [-0.2, 0) is 14.3 Å². The Morgan fingerprint density at radius 2 is 2.03 bits per heavy atom. The maximum absolute atomic E-state index is 13.3. The van der Waals surface area contributed by atoms with Crippen LogP contribution in [0.4, 0.5) is 0 Å². The van der Waals surface area contributed by atoms with Crippen molar-refractivity contribution in [1.29, 1.82) is 0 Å². The molecule has 0 saturated carbocycles.